The van der Waals surface area contributed by atoms with Crippen LogP contribution in [-0.2, 0) is 11.2 Å². The normalized spacial score (nSPS) is 19.1. The number of anilines is 1. The Morgan fingerprint density at radius 3 is 2.26 bits per heavy atom. The van der Waals surface area contributed by atoms with Gasteiger partial charge in [-0.1, -0.05) is 12.1 Å². The topological polar surface area (TPSA) is 105 Å². The van der Waals surface area contributed by atoms with Gasteiger partial charge in [0.15, 0.2) is 5.82 Å². The zero-order valence-corrected chi connectivity index (χ0v) is 20.1. The summed E-state index contributed by atoms with van der Waals surface area (Å²) in [6, 6.07) is 12.1. The predicted octanol–water partition coefficient (Wildman–Crippen LogP) is 2.78. The van der Waals surface area contributed by atoms with E-state index in [2.05, 4.69) is 32.0 Å². The number of carbonyl (C=O) groups excluding carboxylic acids is 2. The second-order valence-corrected chi connectivity index (χ2v) is 9.60. The fraction of sp³-hybridized carbons (Fsp3) is 0.370. The Morgan fingerprint density at radius 2 is 1.63 bits per heavy atom. The lowest BCUT2D eigenvalue weighted by Gasteiger charge is -2.24. The number of nitrogens with two attached hydrogens (primary N) is 1. The standard InChI is InChI=1S/C27H30N6O2/c1-17-25(18(2)31-26(30-17)20-8-10-29-11-9-20)27(35)33-15-21-13-32(14-22(21)16-33)23-5-3-4-19(12-23)6-7-24(28)34/h3-5,8-12,21-22H,6-7,13-16H2,1-2H3,(H2,28,34). The smallest absolute Gasteiger partial charge is 0.257 e. The van der Waals surface area contributed by atoms with Crippen LogP contribution in [0.25, 0.3) is 11.4 Å². The molecule has 2 amide bonds. The van der Waals surface area contributed by atoms with E-state index in [9.17, 15) is 9.59 Å². The van der Waals surface area contributed by atoms with Gasteiger partial charge >= 0.3 is 0 Å². The van der Waals surface area contributed by atoms with Gasteiger partial charge in [0, 0.05) is 68.1 Å². The third-order valence-corrected chi connectivity index (χ3v) is 7.13. The lowest BCUT2D eigenvalue weighted by atomic mass is 10.0. The summed E-state index contributed by atoms with van der Waals surface area (Å²) in [6.45, 7) is 7.10. The van der Waals surface area contributed by atoms with Crippen LogP contribution in [0.2, 0.25) is 0 Å². The number of amides is 2. The average Bonchev–Trinajstić information content (AvgIpc) is 3.43. The molecule has 3 aromatic rings. The molecule has 8 nitrogen and oxygen atoms in total. The molecule has 35 heavy (non-hydrogen) atoms. The van der Waals surface area contributed by atoms with E-state index in [-0.39, 0.29) is 11.8 Å². The van der Waals surface area contributed by atoms with Gasteiger partial charge in [0.05, 0.1) is 17.0 Å². The van der Waals surface area contributed by atoms with Gasteiger partial charge in [-0.05, 0) is 50.1 Å². The van der Waals surface area contributed by atoms with E-state index in [1.54, 1.807) is 12.4 Å². The van der Waals surface area contributed by atoms with Crippen LogP contribution in [0, 0.1) is 25.7 Å². The number of fused-ring (bicyclic) bond motifs is 1. The van der Waals surface area contributed by atoms with Gasteiger partial charge in [-0.2, -0.15) is 0 Å². The highest BCUT2D eigenvalue weighted by Crippen LogP contribution is 2.35. The molecule has 0 spiro atoms. The highest BCUT2D eigenvalue weighted by atomic mass is 16.2. The van der Waals surface area contributed by atoms with E-state index in [1.165, 1.54) is 5.69 Å². The Morgan fingerprint density at radius 1 is 0.971 bits per heavy atom. The van der Waals surface area contributed by atoms with Gasteiger partial charge in [0.2, 0.25) is 5.91 Å². The number of primary amides is 1. The Kier molecular flexibility index (Phi) is 6.19. The van der Waals surface area contributed by atoms with E-state index >= 15 is 0 Å². The van der Waals surface area contributed by atoms with E-state index in [0.29, 0.717) is 47.5 Å². The van der Waals surface area contributed by atoms with Gasteiger partial charge in [0.25, 0.3) is 5.91 Å². The van der Waals surface area contributed by atoms with Crippen LogP contribution in [0.4, 0.5) is 5.69 Å². The maximum absolute atomic E-state index is 13.5. The maximum Gasteiger partial charge on any atom is 0.257 e. The van der Waals surface area contributed by atoms with Gasteiger partial charge in [-0.3, -0.25) is 14.6 Å². The van der Waals surface area contributed by atoms with Crippen molar-refractivity contribution < 1.29 is 9.59 Å². The minimum Gasteiger partial charge on any atom is -0.371 e. The maximum atomic E-state index is 13.5. The summed E-state index contributed by atoms with van der Waals surface area (Å²) in [6.07, 6.45) is 4.45. The fourth-order valence-corrected chi connectivity index (χ4v) is 5.36. The summed E-state index contributed by atoms with van der Waals surface area (Å²) in [5, 5.41) is 0. The van der Waals surface area contributed by atoms with Crippen LogP contribution in [0.15, 0.2) is 48.8 Å². The van der Waals surface area contributed by atoms with Crippen LogP contribution < -0.4 is 10.6 Å². The van der Waals surface area contributed by atoms with Crippen LogP contribution >= 0.6 is 0 Å². The molecule has 8 heteroatoms. The van der Waals surface area contributed by atoms with Gasteiger partial charge in [-0.15, -0.1) is 0 Å². The lowest BCUT2D eigenvalue weighted by molar-refractivity contribution is -0.117. The Balaban J connectivity index is 1.26. The first kappa shape index (κ1) is 23.0. The highest BCUT2D eigenvalue weighted by Gasteiger charge is 2.42. The number of aromatic nitrogens is 3. The highest BCUT2D eigenvalue weighted by molar-refractivity contribution is 5.96. The van der Waals surface area contributed by atoms with Crippen LogP contribution in [0.1, 0.15) is 33.7 Å². The van der Waals surface area contributed by atoms with Crippen molar-refractivity contribution in [2.45, 2.75) is 26.7 Å². The van der Waals surface area contributed by atoms with E-state index in [1.807, 2.05) is 43.0 Å². The summed E-state index contributed by atoms with van der Waals surface area (Å²) in [7, 11) is 0. The second kappa shape index (κ2) is 9.44. The molecule has 5 rings (SSSR count). The first-order valence-corrected chi connectivity index (χ1v) is 12.1. The first-order valence-electron chi connectivity index (χ1n) is 12.1. The van der Waals surface area contributed by atoms with Crippen molar-refractivity contribution in [2.24, 2.45) is 17.6 Å². The predicted molar refractivity (Wildman–Crippen MR) is 134 cm³/mol. The first-order chi connectivity index (χ1) is 16.9. The molecule has 2 N–H and O–H groups in total. The molecular formula is C27H30N6O2. The molecule has 0 bridgehead atoms. The summed E-state index contributed by atoms with van der Waals surface area (Å²) in [5.74, 6) is 1.23. The molecular weight excluding hydrogens is 440 g/mol. The Hall–Kier alpha value is -3.81. The Labute approximate surface area is 205 Å². The number of rotatable bonds is 6. The SMILES string of the molecule is Cc1nc(-c2ccncc2)nc(C)c1C(=O)N1CC2CN(c3cccc(CCC(N)=O)c3)CC2C1. The van der Waals surface area contributed by atoms with Gasteiger partial charge in [-0.25, -0.2) is 9.97 Å². The third kappa shape index (κ3) is 4.73. The van der Waals surface area contributed by atoms with Crippen LogP contribution in [0.3, 0.4) is 0 Å². The molecule has 2 aliphatic rings. The van der Waals surface area contributed by atoms with Crippen molar-refractivity contribution in [3.63, 3.8) is 0 Å². The molecule has 2 saturated heterocycles. The largest absolute Gasteiger partial charge is 0.371 e. The van der Waals surface area contributed by atoms with Crippen molar-refractivity contribution in [3.8, 4) is 11.4 Å². The number of hydrogen-bond donors (Lipinski definition) is 1. The molecule has 180 valence electrons. The van der Waals surface area contributed by atoms with Crippen molar-refractivity contribution >= 4 is 17.5 Å². The van der Waals surface area contributed by atoms with Crippen molar-refractivity contribution in [1.29, 1.82) is 0 Å². The van der Waals surface area contributed by atoms with E-state index in [4.69, 9.17) is 5.73 Å². The summed E-state index contributed by atoms with van der Waals surface area (Å²) < 4.78 is 0. The van der Waals surface area contributed by atoms with Gasteiger partial charge in [0.1, 0.15) is 0 Å². The molecule has 2 fully saturated rings. The van der Waals surface area contributed by atoms with E-state index < -0.39 is 0 Å². The molecule has 2 aromatic heterocycles. The molecule has 4 heterocycles. The summed E-state index contributed by atoms with van der Waals surface area (Å²) >= 11 is 0. The zero-order valence-electron chi connectivity index (χ0n) is 20.1. The number of pyridine rings is 1. The minimum absolute atomic E-state index is 0.0238. The molecule has 2 aliphatic heterocycles. The van der Waals surface area contributed by atoms with E-state index in [0.717, 1.165) is 37.3 Å². The van der Waals surface area contributed by atoms with Gasteiger partial charge < -0.3 is 15.5 Å². The number of nitrogens with zero attached hydrogens (tertiary/aromatic N) is 5. The minimum atomic E-state index is -0.279. The summed E-state index contributed by atoms with van der Waals surface area (Å²) in [4.78, 5) is 42.3. The number of likely N-dealkylation sites (tertiary alicyclic amines) is 1. The molecule has 1 aromatic carbocycles. The Bertz CT molecular complexity index is 1220. The van der Waals surface area contributed by atoms with Crippen LogP contribution in [0.5, 0.6) is 0 Å². The van der Waals surface area contributed by atoms with Crippen molar-refractivity contribution in [1.82, 2.24) is 19.9 Å². The fourth-order valence-electron chi connectivity index (χ4n) is 5.36. The number of hydrogen-bond acceptors (Lipinski definition) is 6. The summed E-state index contributed by atoms with van der Waals surface area (Å²) in [5.41, 5.74) is 10.5. The molecule has 0 aliphatic carbocycles. The third-order valence-electron chi connectivity index (χ3n) is 7.13. The average molecular weight is 471 g/mol. The van der Waals surface area contributed by atoms with Crippen molar-refractivity contribution in [3.05, 3.63) is 71.3 Å². The van der Waals surface area contributed by atoms with Crippen LogP contribution in [-0.4, -0.2) is 57.8 Å². The molecule has 2 unspecified atom stereocenters. The molecule has 0 saturated carbocycles. The molecule has 2 atom stereocenters. The number of carbonyl (C=O) groups is 2. The van der Waals surface area contributed by atoms with Crippen molar-refractivity contribution in [2.75, 3.05) is 31.1 Å². The molecule has 0 radical (unpaired) electrons. The monoisotopic (exact) mass is 470 g/mol. The lowest BCUT2D eigenvalue weighted by Crippen LogP contribution is -2.34. The number of benzene rings is 1. The second-order valence-electron chi connectivity index (χ2n) is 9.60. The quantitative estimate of drug-likeness (QED) is 0.594. The zero-order chi connectivity index (χ0) is 24.5. The number of aryl methyl sites for hydroxylation is 3.